The standard InChI is InChI=1S/C97H164O16P2/c1-4-7-10-13-16-19-22-25-28-31-34-36-38-40-41-42-43-44-45-46-47-48-49-51-53-54-57-59-62-65-68-71-74-77-80-83-95(100)107-86-92(98)87-109-114(103,104)110-88-93(99)89-111-115(105,106)112-91-94(113-97(102)85-82-79-76-73-70-67-64-61-56-33-30-27-24-21-18-15-12-9-6-3)90-108-96(101)84-81-78-75-72-69-66-63-60-58-55-52-50-39-37-35-32-29-26-23-20-17-14-11-8-5-2/h7,9-10,12,16-21,25-30,34-37,40-41,50,52,56,61,67,70,92-94,98-99H,4-6,8,11,13-15,22-24,31-33,38-39,42-49,51,53-55,57-60,62-66,68-69,71-91H2,1-3H3,(H,103,104)(H,105,106)/b10-7-,12-9-,19-16-,20-17-,21-18-,28-25-,29-26-,30-27-,36-34-,37-35-,41-40-,52-50-,61-56-,70-67-. The summed E-state index contributed by atoms with van der Waals surface area (Å²) in [4.78, 5) is 58.9. The lowest BCUT2D eigenvalue weighted by Gasteiger charge is -2.21. The molecular weight excluding hydrogens is 1480 g/mol. The minimum atomic E-state index is -4.95. The molecule has 5 unspecified atom stereocenters. The Morgan fingerprint density at radius 2 is 0.461 bits per heavy atom. The van der Waals surface area contributed by atoms with Crippen molar-refractivity contribution in [1.82, 2.24) is 0 Å². The number of phosphoric ester groups is 2. The number of aliphatic hydroxyl groups is 2. The number of esters is 3. The summed E-state index contributed by atoms with van der Waals surface area (Å²) in [5, 5.41) is 20.7. The molecule has 115 heavy (non-hydrogen) atoms. The monoisotopic (exact) mass is 1650 g/mol. The molecule has 0 radical (unpaired) electrons. The Bertz CT molecular complexity index is 2770. The summed E-state index contributed by atoms with van der Waals surface area (Å²) >= 11 is 0. The Kier molecular flexibility index (Phi) is 84.3. The van der Waals surface area contributed by atoms with E-state index >= 15 is 0 Å². The van der Waals surface area contributed by atoms with Crippen molar-refractivity contribution in [1.29, 1.82) is 0 Å². The molecule has 0 aliphatic carbocycles. The average molecular weight is 1650 g/mol. The fourth-order valence-corrected chi connectivity index (χ4v) is 13.7. The van der Waals surface area contributed by atoms with Gasteiger partial charge in [-0.2, -0.15) is 0 Å². The van der Waals surface area contributed by atoms with Crippen molar-refractivity contribution in [2.24, 2.45) is 0 Å². The second-order valence-electron chi connectivity index (χ2n) is 30.0. The van der Waals surface area contributed by atoms with Crippen LogP contribution < -0.4 is 0 Å². The molecule has 0 aliphatic rings. The molecule has 0 bridgehead atoms. The van der Waals surface area contributed by atoms with Crippen molar-refractivity contribution < 1.29 is 75.8 Å². The maximum atomic E-state index is 13.0. The predicted octanol–water partition coefficient (Wildman–Crippen LogP) is 27.9. The average Bonchev–Trinajstić information content (AvgIpc) is 0.902. The highest BCUT2D eigenvalue weighted by Gasteiger charge is 2.29. The van der Waals surface area contributed by atoms with E-state index in [4.69, 9.17) is 32.3 Å². The highest BCUT2D eigenvalue weighted by Crippen LogP contribution is 2.45. The van der Waals surface area contributed by atoms with E-state index in [9.17, 15) is 43.5 Å². The number of carbonyl (C=O) groups excluding carboxylic acids is 3. The second kappa shape index (κ2) is 88.2. The van der Waals surface area contributed by atoms with Crippen LogP contribution in [0, 0.1) is 0 Å². The number of rotatable bonds is 85. The second-order valence-corrected chi connectivity index (χ2v) is 32.9. The minimum Gasteiger partial charge on any atom is -0.463 e. The lowest BCUT2D eigenvalue weighted by molar-refractivity contribution is -0.161. The van der Waals surface area contributed by atoms with E-state index in [1.807, 2.05) is 0 Å². The number of allylic oxidation sites excluding steroid dienone is 28. The SMILES string of the molecule is CC/C=C\C/C=C\C/C=C\C/C=C\C/C=C\CCCCCCCCCCCCCCCCCCCCCC(=O)OCC(O)COP(=O)(O)OCC(O)COP(=O)(O)OCC(COC(=O)CCCCCCCCCCC/C=C\C/C=C\C/C=C\C/C=C\CCCCC)OC(=O)CCCCC/C=C\C/C=C\C/C=C\C/C=C\C/C=C\CC. The van der Waals surface area contributed by atoms with Gasteiger partial charge >= 0.3 is 33.6 Å². The fourth-order valence-electron chi connectivity index (χ4n) is 12.1. The third kappa shape index (κ3) is 89.5. The zero-order valence-electron chi connectivity index (χ0n) is 72.4. The first-order valence-electron chi connectivity index (χ1n) is 45.4. The molecule has 4 N–H and O–H groups in total. The normalized spacial score (nSPS) is 14.6. The van der Waals surface area contributed by atoms with Gasteiger partial charge < -0.3 is 34.2 Å². The Hall–Kier alpha value is -5.09. The number of carbonyl (C=O) groups is 3. The molecule has 658 valence electrons. The summed E-state index contributed by atoms with van der Waals surface area (Å²) in [6, 6.07) is 0. The van der Waals surface area contributed by atoms with Gasteiger partial charge in [-0.15, -0.1) is 0 Å². The first-order chi connectivity index (χ1) is 56.2. The molecule has 16 nitrogen and oxygen atoms in total. The number of hydrogen-bond donors (Lipinski definition) is 4. The fraction of sp³-hybridized carbons (Fsp3) is 0.680. The van der Waals surface area contributed by atoms with Gasteiger partial charge in [-0.3, -0.25) is 32.5 Å². The van der Waals surface area contributed by atoms with Gasteiger partial charge in [0.2, 0.25) is 0 Å². The Labute approximate surface area is 701 Å². The number of ether oxygens (including phenoxy) is 3. The Balaban J connectivity index is 4.52. The highest BCUT2D eigenvalue weighted by molar-refractivity contribution is 7.47. The van der Waals surface area contributed by atoms with Crippen LogP contribution in [-0.2, 0) is 55.8 Å². The molecule has 5 atom stereocenters. The topological polar surface area (TPSA) is 231 Å². The van der Waals surface area contributed by atoms with Gasteiger partial charge in [-0.1, -0.05) is 364 Å². The van der Waals surface area contributed by atoms with Crippen LogP contribution in [-0.4, -0.2) is 95.9 Å². The van der Waals surface area contributed by atoms with E-state index in [0.29, 0.717) is 19.3 Å². The van der Waals surface area contributed by atoms with Crippen LogP contribution in [0.4, 0.5) is 0 Å². The number of hydrogen-bond acceptors (Lipinski definition) is 14. The molecule has 0 fully saturated rings. The lowest BCUT2D eigenvalue weighted by Crippen LogP contribution is -2.30. The summed E-state index contributed by atoms with van der Waals surface area (Å²) in [6.07, 6.45) is 114. The summed E-state index contributed by atoms with van der Waals surface area (Å²) in [5.41, 5.74) is 0. The zero-order valence-corrected chi connectivity index (χ0v) is 74.2. The van der Waals surface area contributed by atoms with Crippen molar-refractivity contribution in [3.8, 4) is 0 Å². The third-order valence-electron chi connectivity index (χ3n) is 18.9. The van der Waals surface area contributed by atoms with Crippen LogP contribution >= 0.6 is 15.6 Å². The lowest BCUT2D eigenvalue weighted by atomic mass is 10.0. The van der Waals surface area contributed by atoms with Gasteiger partial charge in [0.05, 0.1) is 26.4 Å². The highest BCUT2D eigenvalue weighted by atomic mass is 31.2. The van der Waals surface area contributed by atoms with Gasteiger partial charge in [-0.05, 0) is 154 Å². The molecule has 18 heteroatoms. The smallest absolute Gasteiger partial charge is 0.463 e. The van der Waals surface area contributed by atoms with Crippen LogP contribution in [0.3, 0.4) is 0 Å². The largest absolute Gasteiger partial charge is 0.472 e. The van der Waals surface area contributed by atoms with Crippen molar-refractivity contribution in [3.63, 3.8) is 0 Å². The van der Waals surface area contributed by atoms with E-state index in [1.165, 1.54) is 154 Å². The Morgan fingerprint density at radius 3 is 0.739 bits per heavy atom. The predicted molar refractivity (Wildman–Crippen MR) is 482 cm³/mol. The van der Waals surface area contributed by atoms with Crippen molar-refractivity contribution in [2.75, 3.05) is 39.6 Å². The first kappa shape index (κ1) is 110. The van der Waals surface area contributed by atoms with Gasteiger partial charge in [0.15, 0.2) is 6.10 Å². The van der Waals surface area contributed by atoms with Crippen LogP contribution in [0.15, 0.2) is 170 Å². The summed E-state index contributed by atoms with van der Waals surface area (Å²) < 4.78 is 61.4. The molecule has 0 aromatic heterocycles. The number of aliphatic hydroxyl groups excluding tert-OH is 2. The van der Waals surface area contributed by atoms with Crippen LogP contribution in [0.25, 0.3) is 0 Å². The maximum Gasteiger partial charge on any atom is 0.472 e. The zero-order chi connectivity index (χ0) is 83.6. The quantitative estimate of drug-likeness (QED) is 0.0146. The molecule has 0 saturated carbocycles. The minimum absolute atomic E-state index is 0.0596. The van der Waals surface area contributed by atoms with Crippen molar-refractivity contribution in [3.05, 3.63) is 170 Å². The third-order valence-corrected chi connectivity index (χ3v) is 20.8. The molecule has 0 spiro atoms. The van der Waals surface area contributed by atoms with Crippen molar-refractivity contribution >= 4 is 33.6 Å². The summed E-state index contributed by atoms with van der Waals surface area (Å²) in [6.45, 7) is 2.41. The van der Waals surface area contributed by atoms with E-state index in [2.05, 4.69) is 191 Å². The molecule has 0 aliphatic heterocycles. The van der Waals surface area contributed by atoms with Gasteiger partial charge in [0, 0.05) is 19.3 Å². The van der Waals surface area contributed by atoms with E-state index < -0.39 is 91.5 Å². The molecule has 0 aromatic carbocycles. The van der Waals surface area contributed by atoms with E-state index in [0.717, 1.165) is 154 Å². The van der Waals surface area contributed by atoms with Crippen LogP contribution in [0.1, 0.15) is 367 Å². The molecule has 0 saturated heterocycles. The van der Waals surface area contributed by atoms with Crippen molar-refractivity contribution in [2.45, 2.75) is 386 Å². The maximum absolute atomic E-state index is 13.0. The number of unbranched alkanes of at least 4 members (excludes halogenated alkanes) is 34. The molecule has 0 heterocycles. The van der Waals surface area contributed by atoms with Gasteiger partial charge in [-0.25, -0.2) is 9.13 Å². The number of phosphoric acid groups is 2. The molecule has 0 amide bonds. The molecular formula is C97H164O16P2. The summed E-state index contributed by atoms with van der Waals surface area (Å²) in [5.74, 6) is -1.62. The first-order valence-corrected chi connectivity index (χ1v) is 48.4. The Morgan fingerprint density at radius 1 is 0.252 bits per heavy atom. The molecule has 0 rings (SSSR count). The van der Waals surface area contributed by atoms with E-state index in [-0.39, 0.29) is 19.3 Å². The van der Waals surface area contributed by atoms with Crippen LogP contribution in [0.5, 0.6) is 0 Å². The summed E-state index contributed by atoms with van der Waals surface area (Å²) in [7, 11) is -9.82. The molecule has 0 aromatic rings. The van der Waals surface area contributed by atoms with Crippen LogP contribution in [0.2, 0.25) is 0 Å². The van der Waals surface area contributed by atoms with Gasteiger partial charge in [0.1, 0.15) is 25.4 Å². The van der Waals surface area contributed by atoms with Gasteiger partial charge in [0.25, 0.3) is 0 Å². The van der Waals surface area contributed by atoms with E-state index in [1.54, 1.807) is 0 Å².